The zero-order valence-corrected chi connectivity index (χ0v) is 25.1. The van der Waals surface area contributed by atoms with Crippen LogP contribution in [0, 0.1) is 0 Å². The molecule has 0 aromatic heterocycles. The number of benzene rings is 3. The van der Waals surface area contributed by atoms with Gasteiger partial charge in [0.15, 0.2) is 11.5 Å². The van der Waals surface area contributed by atoms with Gasteiger partial charge in [-0.25, -0.2) is 9.59 Å². The lowest BCUT2D eigenvalue weighted by atomic mass is 9.78. The molecule has 1 aliphatic rings. The fourth-order valence-electron chi connectivity index (χ4n) is 4.13. The van der Waals surface area contributed by atoms with Crippen LogP contribution in [-0.4, -0.2) is 56.8 Å². The van der Waals surface area contributed by atoms with Gasteiger partial charge in [-0.3, -0.25) is 0 Å². The van der Waals surface area contributed by atoms with Gasteiger partial charge < -0.3 is 38.9 Å². The first kappa shape index (κ1) is 31.7. The molecule has 0 spiro atoms. The average molecular weight is 590 g/mol. The highest BCUT2D eigenvalue weighted by Crippen LogP contribution is 2.38. The van der Waals surface area contributed by atoms with Gasteiger partial charge >= 0.3 is 19.3 Å². The molecule has 1 aliphatic heterocycles. The standard InChI is InChI=1S/C32H39BN2O8/c1-31(2)32(3,4)43-33(42-31)26-16-11-17-27(38-20-18-34-29(36)40-22-24-12-7-5-8-13-24)28(26)39-21-19-35-30(37)41-23-25-14-9-6-10-15-25/h5-17H,18-23H2,1-4H3,(H,34,36)(H,35,37). The highest BCUT2D eigenvalue weighted by Gasteiger charge is 2.52. The van der Waals surface area contributed by atoms with Crippen molar-refractivity contribution in [3.8, 4) is 11.5 Å². The van der Waals surface area contributed by atoms with E-state index in [4.69, 9.17) is 28.3 Å². The molecule has 0 bridgehead atoms. The van der Waals surface area contributed by atoms with Crippen LogP contribution >= 0.6 is 0 Å². The Morgan fingerprint density at radius 1 is 0.674 bits per heavy atom. The number of carbonyl (C=O) groups is 2. The van der Waals surface area contributed by atoms with E-state index in [1.54, 1.807) is 6.07 Å². The van der Waals surface area contributed by atoms with E-state index in [9.17, 15) is 9.59 Å². The Morgan fingerprint density at radius 3 is 1.67 bits per heavy atom. The Balaban J connectivity index is 1.33. The van der Waals surface area contributed by atoms with E-state index in [1.165, 1.54) is 0 Å². The van der Waals surface area contributed by atoms with Gasteiger partial charge in [0.25, 0.3) is 0 Å². The van der Waals surface area contributed by atoms with Gasteiger partial charge in [0.2, 0.25) is 0 Å². The summed E-state index contributed by atoms with van der Waals surface area (Å²) in [6.45, 7) is 8.94. The van der Waals surface area contributed by atoms with Crippen LogP contribution in [0.15, 0.2) is 78.9 Å². The third kappa shape index (κ3) is 9.13. The molecule has 11 heteroatoms. The second-order valence-electron chi connectivity index (χ2n) is 10.9. The van der Waals surface area contributed by atoms with Crippen LogP contribution < -0.4 is 25.6 Å². The number of nitrogens with one attached hydrogen (secondary N) is 2. The van der Waals surface area contributed by atoms with Gasteiger partial charge in [-0.2, -0.15) is 0 Å². The van der Waals surface area contributed by atoms with Crippen LogP contribution in [0.1, 0.15) is 38.8 Å². The minimum Gasteiger partial charge on any atom is -0.488 e. The number of alkyl carbamates (subject to hydrolysis) is 2. The topological polar surface area (TPSA) is 114 Å². The molecular weight excluding hydrogens is 551 g/mol. The zero-order valence-electron chi connectivity index (χ0n) is 25.1. The Kier molecular flexibility index (Phi) is 10.9. The third-order valence-corrected chi connectivity index (χ3v) is 7.19. The second-order valence-corrected chi connectivity index (χ2v) is 10.9. The Morgan fingerprint density at radius 2 is 1.16 bits per heavy atom. The number of para-hydroxylation sites is 1. The predicted octanol–water partition coefficient (Wildman–Crippen LogP) is 4.60. The van der Waals surface area contributed by atoms with Crippen molar-refractivity contribution in [1.29, 1.82) is 0 Å². The normalized spacial score (nSPS) is 14.9. The van der Waals surface area contributed by atoms with E-state index in [1.807, 2.05) is 100 Å². The van der Waals surface area contributed by atoms with Gasteiger partial charge in [-0.15, -0.1) is 0 Å². The van der Waals surface area contributed by atoms with Crippen LogP contribution in [0.5, 0.6) is 11.5 Å². The van der Waals surface area contributed by atoms with Gasteiger partial charge in [0.05, 0.1) is 24.3 Å². The SMILES string of the molecule is CC1(C)OB(c2cccc(OCCNC(=O)OCc3ccccc3)c2OCCNC(=O)OCc2ccccc2)OC1(C)C. The number of hydrogen-bond acceptors (Lipinski definition) is 8. The van der Waals surface area contributed by atoms with Crippen molar-refractivity contribution in [2.24, 2.45) is 0 Å². The fraction of sp³-hybridized carbons (Fsp3) is 0.375. The summed E-state index contributed by atoms with van der Waals surface area (Å²) in [5.41, 5.74) is 1.33. The van der Waals surface area contributed by atoms with Crippen molar-refractivity contribution < 1.29 is 37.8 Å². The smallest absolute Gasteiger partial charge is 0.488 e. The van der Waals surface area contributed by atoms with Gasteiger partial charge in [0, 0.05) is 5.46 Å². The largest absolute Gasteiger partial charge is 0.498 e. The van der Waals surface area contributed by atoms with Crippen LogP contribution in [0.3, 0.4) is 0 Å². The zero-order chi connectivity index (χ0) is 30.7. The number of ether oxygens (including phenoxy) is 4. The molecule has 43 heavy (non-hydrogen) atoms. The van der Waals surface area contributed by atoms with Crippen molar-refractivity contribution in [3.05, 3.63) is 90.0 Å². The van der Waals surface area contributed by atoms with Crippen LogP contribution in [0.2, 0.25) is 0 Å². The number of amides is 2. The summed E-state index contributed by atoms with van der Waals surface area (Å²) in [6, 6.07) is 24.3. The quantitative estimate of drug-likeness (QED) is 0.220. The molecule has 10 nitrogen and oxygen atoms in total. The first-order chi connectivity index (χ1) is 20.6. The lowest BCUT2D eigenvalue weighted by molar-refractivity contribution is 0.00578. The molecule has 1 saturated heterocycles. The molecular formula is C32H39BN2O8. The fourth-order valence-corrected chi connectivity index (χ4v) is 4.13. The van der Waals surface area contributed by atoms with Gasteiger partial charge in [-0.05, 0) is 44.9 Å². The van der Waals surface area contributed by atoms with Crippen molar-refractivity contribution in [3.63, 3.8) is 0 Å². The molecule has 228 valence electrons. The molecule has 0 saturated carbocycles. The highest BCUT2D eigenvalue weighted by atomic mass is 16.7. The molecule has 0 aliphatic carbocycles. The third-order valence-electron chi connectivity index (χ3n) is 7.19. The first-order valence-electron chi connectivity index (χ1n) is 14.3. The molecule has 1 heterocycles. The molecule has 1 fully saturated rings. The van der Waals surface area contributed by atoms with Crippen LogP contribution in [0.4, 0.5) is 9.59 Å². The lowest BCUT2D eigenvalue weighted by Crippen LogP contribution is -2.41. The number of rotatable bonds is 13. The summed E-state index contributed by atoms with van der Waals surface area (Å²) in [4.78, 5) is 24.3. The Bertz CT molecular complexity index is 1320. The van der Waals surface area contributed by atoms with Gasteiger partial charge in [-0.1, -0.05) is 72.8 Å². The monoisotopic (exact) mass is 590 g/mol. The predicted molar refractivity (Wildman–Crippen MR) is 162 cm³/mol. The molecule has 0 unspecified atom stereocenters. The van der Waals surface area contributed by atoms with Crippen molar-refractivity contribution in [1.82, 2.24) is 10.6 Å². The van der Waals surface area contributed by atoms with E-state index in [0.29, 0.717) is 17.0 Å². The van der Waals surface area contributed by atoms with Gasteiger partial charge in [0.1, 0.15) is 26.4 Å². The summed E-state index contributed by atoms with van der Waals surface area (Å²) < 4.78 is 35.2. The Labute approximate surface area is 253 Å². The van der Waals surface area contributed by atoms with Crippen LogP contribution in [0.25, 0.3) is 0 Å². The van der Waals surface area contributed by atoms with E-state index in [-0.39, 0.29) is 39.5 Å². The summed E-state index contributed by atoms with van der Waals surface area (Å²) >= 11 is 0. The lowest BCUT2D eigenvalue weighted by Gasteiger charge is -2.32. The molecule has 2 N–H and O–H groups in total. The molecule has 0 radical (unpaired) electrons. The maximum atomic E-state index is 12.2. The van der Waals surface area contributed by atoms with Crippen molar-refractivity contribution >= 4 is 24.8 Å². The summed E-state index contributed by atoms with van der Waals surface area (Å²) in [5.74, 6) is 0.866. The second kappa shape index (κ2) is 14.8. The van der Waals surface area contributed by atoms with E-state index in [2.05, 4.69) is 10.6 Å². The summed E-state index contributed by atoms with van der Waals surface area (Å²) in [7, 11) is -0.696. The average Bonchev–Trinajstić information content (AvgIpc) is 3.22. The molecule has 4 rings (SSSR count). The minimum absolute atomic E-state index is 0.136. The summed E-state index contributed by atoms with van der Waals surface area (Å²) in [5, 5.41) is 5.38. The van der Waals surface area contributed by atoms with E-state index >= 15 is 0 Å². The molecule has 0 atom stereocenters. The van der Waals surface area contributed by atoms with Crippen molar-refractivity contribution in [2.45, 2.75) is 52.1 Å². The number of carbonyl (C=O) groups excluding carboxylic acids is 2. The minimum atomic E-state index is -0.696. The van der Waals surface area contributed by atoms with E-state index < -0.39 is 30.5 Å². The highest BCUT2D eigenvalue weighted by molar-refractivity contribution is 6.63. The summed E-state index contributed by atoms with van der Waals surface area (Å²) in [6.07, 6.45) is -1.09. The van der Waals surface area contributed by atoms with E-state index in [0.717, 1.165) is 11.1 Å². The Hall–Kier alpha value is -4.22. The molecule has 3 aromatic rings. The first-order valence-corrected chi connectivity index (χ1v) is 14.3. The van der Waals surface area contributed by atoms with Crippen molar-refractivity contribution in [2.75, 3.05) is 26.3 Å². The van der Waals surface area contributed by atoms with Crippen LogP contribution in [-0.2, 0) is 32.0 Å². The molecule has 3 aromatic carbocycles. The maximum absolute atomic E-state index is 12.2. The maximum Gasteiger partial charge on any atom is 0.498 e. The molecule has 2 amide bonds. The number of hydrogen-bond donors (Lipinski definition) is 2.